The minimum absolute atomic E-state index is 0.0823. The highest BCUT2D eigenvalue weighted by Gasteiger charge is 2.07. The first kappa shape index (κ1) is 10.2. The van der Waals surface area contributed by atoms with Crippen LogP contribution in [0.2, 0.25) is 0 Å². The molecule has 1 aromatic rings. The van der Waals surface area contributed by atoms with E-state index in [0.717, 1.165) is 0 Å². The molecule has 0 aliphatic carbocycles. The molecule has 1 aromatic carbocycles. The quantitative estimate of drug-likeness (QED) is 0.420. The van der Waals surface area contributed by atoms with E-state index in [9.17, 15) is 13.6 Å². The van der Waals surface area contributed by atoms with Gasteiger partial charge in [0.15, 0.2) is 0 Å². The smallest absolute Gasteiger partial charge is 0.387 e. The number of benzene rings is 1. The van der Waals surface area contributed by atoms with Crippen LogP contribution in [0.4, 0.5) is 8.78 Å². The second kappa shape index (κ2) is 4.38. The van der Waals surface area contributed by atoms with Crippen LogP contribution in [0.1, 0.15) is 10.4 Å². The van der Waals surface area contributed by atoms with Crippen LogP contribution < -0.4 is 4.74 Å². The maximum Gasteiger partial charge on any atom is 0.387 e. The molecule has 0 amide bonds. The van der Waals surface area contributed by atoms with Crippen molar-refractivity contribution in [1.82, 2.24) is 0 Å². The van der Waals surface area contributed by atoms with Crippen molar-refractivity contribution in [2.45, 2.75) is 6.61 Å². The van der Waals surface area contributed by atoms with Crippen LogP contribution in [0, 0.1) is 12.3 Å². The van der Waals surface area contributed by atoms with Crippen LogP contribution in [0.25, 0.3) is 0 Å². The Bertz CT molecular complexity index is 380. The van der Waals surface area contributed by atoms with Gasteiger partial charge in [0, 0.05) is 5.56 Å². The lowest BCUT2D eigenvalue weighted by Gasteiger charge is -2.04. The number of hydrogen-bond acceptors (Lipinski definition) is 2. The summed E-state index contributed by atoms with van der Waals surface area (Å²) in [6, 6.07) is 5.34. The number of hydrogen-bond donors (Lipinski definition) is 0. The topological polar surface area (TPSA) is 26.3 Å². The van der Waals surface area contributed by atoms with Gasteiger partial charge >= 0.3 is 6.61 Å². The summed E-state index contributed by atoms with van der Waals surface area (Å²) in [5.74, 6) is 1.23. The maximum absolute atomic E-state index is 11.8. The highest BCUT2D eigenvalue weighted by Crippen LogP contribution is 2.15. The summed E-state index contributed by atoms with van der Waals surface area (Å²) < 4.78 is 27.7. The molecule has 0 radical (unpaired) electrons. The molecule has 0 bridgehead atoms. The molecule has 14 heavy (non-hydrogen) atoms. The summed E-state index contributed by atoms with van der Waals surface area (Å²) in [6.07, 6.45) is 4.87. The van der Waals surface area contributed by atoms with Crippen LogP contribution in [-0.4, -0.2) is 12.4 Å². The number of alkyl halides is 2. The summed E-state index contributed by atoms with van der Waals surface area (Å²) in [4.78, 5) is 11.0. The lowest BCUT2D eigenvalue weighted by Crippen LogP contribution is -2.03. The first-order chi connectivity index (χ1) is 6.63. The average molecular weight is 196 g/mol. The number of Topliss-reactive ketones (excluding diaryl/α,β-unsaturated/α-hetero) is 1. The van der Waals surface area contributed by atoms with Crippen molar-refractivity contribution in [3.05, 3.63) is 29.8 Å². The van der Waals surface area contributed by atoms with Gasteiger partial charge in [-0.2, -0.15) is 8.78 Å². The number of carbonyl (C=O) groups is 1. The number of halogens is 2. The molecular formula is C10H6F2O2. The van der Waals surface area contributed by atoms with Gasteiger partial charge in [-0.05, 0) is 18.1 Å². The molecule has 0 saturated heterocycles. The molecule has 0 unspecified atom stereocenters. The van der Waals surface area contributed by atoms with Crippen molar-refractivity contribution in [2.24, 2.45) is 0 Å². The molecule has 72 valence electrons. The van der Waals surface area contributed by atoms with E-state index in [1.54, 1.807) is 0 Å². The molecule has 0 saturated carbocycles. The van der Waals surface area contributed by atoms with E-state index in [1.807, 2.05) is 5.92 Å². The second-order valence-corrected chi connectivity index (χ2v) is 2.38. The Labute approximate surface area is 79.5 Å². The molecular weight excluding hydrogens is 190 g/mol. The van der Waals surface area contributed by atoms with Gasteiger partial charge < -0.3 is 4.74 Å². The number of terminal acetylenes is 1. The first-order valence-corrected chi connectivity index (χ1v) is 3.69. The highest BCUT2D eigenvalue weighted by atomic mass is 19.3. The van der Waals surface area contributed by atoms with Crippen molar-refractivity contribution >= 4 is 5.78 Å². The fraction of sp³-hybridized carbons (Fsp3) is 0.100. The van der Waals surface area contributed by atoms with E-state index in [4.69, 9.17) is 6.42 Å². The monoisotopic (exact) mass is 196 g/mol. The van der Waals surface area contributed by atoms with E-state index in [2.05, 4.69) is 4.74 Å². The van der Waals surface area contributed by atoms with Crippen LogP contribution in [-0.2, 0) is 0 Å². The van der Waals surface area contributed by atoms with Crippen molar-refractivity contribution in [1.29, 1.82) is 0 Å². The summed E-state index contributed by atoms with van der Waals surface area (Å²) in [7, 11) is 0. The molecule has 0 fully saturated rings. The van der Waals surface area contributed by atoms with Gasteiger partial charge in [0.25, 0.3) is 0 Å². The zero-order valence-electron chi connectivity index (χ0n) is 7.04. The zero-order chi connectivity index (χ0) is 10.6. The Hall–Kier alpha value is -1.89. The maximum atomic E-state index is 11.8. The summed E-state index contributed by atoms with van der Waals surface area (Å²) in [5, 5.41) is 0. The third kappa shape index (κ3) is 2.56. The minimum atomic E-state index is -2.91. The fourth-order valence-corrected chi connectivity index (χ4v) is 0.897. The van der Waals surface area contributed by atoms with Gasteiger partial charge in [-0.1, -0.05) is 12.1 Å². The molecule has 2 nitrogen and oxygen atoms in total. The molecule has 0 heterocycles. The number of ether oxygens (including phenoxy) is 1. The third-order valence-corrected chi connectivity index (χ3v) is 1.45. The first-order valence-electron chi connectivity index (χ1n) is 3.69. The van der Waals surface area contributed by atoms with Crippen LogP contribution in [0.3, 0.4) is 0 Å². The number of ketones is 1. The number of rotatable bonds is 3. The van der Waals surface area contributed by atoms with E-state index in [0.29, 0.717) is 0 Å². The number of carbonyl (C=O) groups excluding carboxylic acids is 1. The van der Waals surface area contributed by atoms with Gasteiger partial charge in [-0.25, -0.2) is 0 Å². The molecule has 0 atom stereocenters. The Morgan fingerprint density at radius 1 is 1.50 bits per heavy atom. The average Bonchev–Trinajstić information content (AvgIpc) is 2.16. The summed E-state index contributed by atoms with van der Waals surface area (Å²) >= 11 is 0. The van der Waals surface area contributed by atoms with Crippen LogP contribution >= 0.6 is 0 Å². The molecule has 4 heteroatoms. The van der Waals surface area contributed by atoms with Gasteiger partial charge in [0.1, 0.15) is 5.75 Å². The fourth-order valence-electron chi connectivity index (χ4n) is 0.897. The zero-order valence-corrected chi connectivity index (χ0v) is 7.04. The Kier molecular flexibility index (Phi) is 3.19. The lowest BCUT2D eigenvalue weighted by molar-refractivity contribution is -0.0498. The van der Waals surface area contributed by atoms with Gasteiger partial charge in [0.2, 0.25) is 5.78 Å². The lowest BCUT2D eigenvalue weighted by atomic mass is 10.1. The Morgan fingerprint density at radius 2 is 2.21 bits per heavy atom. The van der Waals surface area contributed by atoms with Crippen molar-refractivity contribution < 1.29 is 18.3 Å². The Balaban J connectivity index is 2.91. The highest BCUT2D eigenvalue weighted by molar-refractivity contribution is 6.08. The van der Waals surface area contributed by atoms with Gasteiger partial charge in [-0.15, -0.1) is 6.42 Å². The summed E-state index contributed by atoms with van der Waals surface area (Å²) in [5.41, 5.74) is 0.158. The third-order valence-electron chi connectivity index (χ3n) is 1.45. The Morgan fingerprint density at radius 3 is 2.79 bits per heavy atom. The molecule has 0 aliphatic heterocycles. The molecule has 0 aromatic heterocycles. The SMILES string of the molecule is C#CC(=O)c1cccc(OC(F)F)c1. The van der Waals surface area contributed by atoms with Crippen molar-refractivity contribution in [2.75, 3.05) is 0 Å². The van der Waals surface area contributed by atoms with E-state index < -0.39 is 12.4 Å². The van der Waals surface area contributed by atoms with E-state index >= 15 is 0 Å². The minimum Gasteiger partial charge on any atom is -0.435 e. The largest absolute Gasteiger partial charge is 0.435 e. The van der Waals surface area contributed by atoms with E-state index in [1.165, 1.54) is 24.3 Å². The van der Waals surface area contributed by atoms with E-state index in [-0.39, 0.29) is 11.3 Å². The molecule has 0 N–H and O–H groups in total. The van der Waals surface area contributed by atoms with Gasteiger partial charge in [0.05, 0.1) is 0 Å². The van der Waals surface area contributed by atoms with Crippen LogP contribution in [0.5, 0.6) is 5.75 Å². The van der Waals surface area contributed by atoms with Crippen molar-refractivity contribution in [3.8, 4) is 18.1 Å². The molecule has 0 aliphatic rings. The second-order valence-electron chi connectivity index (χ2n) is 2.38. The van der Waals surface area contributed by atoms with Gasteiger partial charge in [-0.3, -0.25) is 4.79 Å². The normalized spacial score (nSPS) is 9.57. The van der Waals surface area contributed by atoms with Crippen molar-refractivity contribution in [3.63, 3.8) is 0 Å². The predicted octanol–water partition coefficient (Wildman–Crippen LogP) is 2.10. The molecule has 1 rings (SSSR count). The molecule has 0 spiro atoms. The standard InChI is InChI=1S/C10H6F2O2/c1-2-9(13)7-4-3-5-8(6-7)14-10(11)12/h1,3-6,10H. The summed E-state index contributed by atoms with van der Waals surface area (Å²) in [6.45, 7) is -2.91. The predicted molar refractivity (Wildman–Crippen MR) is 46.2 cm³/mol. The van der Waals surface area contributed by atoms with Crippen LogP contribution in [0.15, 0.2) is 24.3 Å².